The highest BCUT2D eigenvalue weighted by Gasteiger charge is 2.42. The number of para-hydroxylation sites is 1. The Morgan fingerprint density at radius 2 is 1.55 bits per heavy atom. The number of piperidine rings is 1. The Labute approximate surface area is 195 Å². The van der Waals surface area contributed by atoms with Gasteiger partial charge in [-0.25, -0.2) is 5.48 Å². The van der Waals surface area contributed by atoms with E-state index >= 15 is 0 Å². The number of hydrogen-bond donors (Lipinski definition) is 2. The summed E-state index contributed by atoms with van der Waals surface area (Å²) in [5.74, 6) is -1.32. The van der Waals surface area contributed by atoms with Crippen molar-refractivity contribution < 1.29 is 19.6 Å². The fourth-order valence-electron chi connectivity index (χ4n) is 5.69. The quantitative estimate of drug-likeness (QED) is 0.524. The van der Waals surface area contributed by atoms with Crippen molar-refractivity contribution in [1.82, 2.24) is 15.3 Å². The summed E-state index contributed by atoms with van der Waals surface area (Å²) >= 11 is 0. The maximum absolute atomic E-state index is 13.4. The number of amides is 3. The molecule has 4 rings (SSSR count). The molecule has 0 radical (unpaired) electrons. The molecule has 0 unspecified atom stereocenters. The van der Waals surface area contributed by atoms with Crippen LogP contribution in [0.2, 0.25) is 0 Å². The predicted octanol–water partition coefficient (Wildman–Crippen LogP) is 2.28. The summed E-state index contributed by atoms with van der Waals surface area (Å²) < 4.78 is 0. The molecule has 180 valence electrons. The summed E-state index contributed by atoms with van der Waals surface area (Å²) in [6, 6.07) is 10.2. The van der Waals surface area contributed by atoms with Crippen LogP contribution in [0.1, 0.15) is 44.9 Å². The highest BCUT2D eigenvalue weighted by molar-refractivity contribution is 5.88. The van der Waals surface area contributed by atoms with Gasteiger partial charge >= 0.3 is 0 Å². The fraction of sp³-hybridized carbons (Fsp3) is 0.640. The number of hydroxylamine groups is 1. The zero-order valence-corrected chi connectivity index (χ0v) is 19.3. The van der Waals surface area contributed by atoms with Crippen LogP contribution in [-0.2, 0) is 14.4 Å². The van der Waals surface area contributed by atoms with Gasteiger partial charge in [0.15, 0.2) is 0 Å². The van der Waals surface area contributed by atoms with Crippen LogP contribution in [0, 0.1) is 17.8 Å². The van der Waals surface area contributed by atoms with Gasteiger partial charge in [-0.05, 0) is 56.6 Å². The van der Waals surface area contributed by atoms with Crippen molar-refractivity contribution in [3.8, 4) is 0 Å². The second-order valence-electron chi connectivity index (χ2n) is 9.66. The highest BCUT2D eigenvalue weighted by atomic mass is 16.5. The van der Waals surface area contributed by atoms with E-state index in [2.05, 4.69) is 17.0 Å². The number of nitrogens with zero attached hydrogens (tertiary/aromatic N) is 3. The van der Waals surface area contributed by atoms with Gasteiger partial charge < -0.3 is 14.7 Å². The third-order valence-electron chi connectivity index (χ3n) is 7.61. The van der Waals surface area contributed by atoms with Crippen molar-refractivity contribution in [2.24, 2.45) is 17.8 Å². The standard InChI is InChI=1S/C25H36N4O4/c30-23(28-11-5-2-6-12-28)18-19-9-10-21(22(17-19)24(31)26-33)25(32)29-15-13-27(14-16-29)20-7-3-1-4-8-20/h1,3-4,7-8,19,21-22,33H,2,5-6,9-18H2,(H,26,31)/t19-,21+,22+/m1/s1. The number of piperazine rings is 1. The van der Waals surface area contributed by atoms with Crippen molar-refractivity contribution in [3.05, 3.63) is 30.3 Å². The molecular weight excluding hydrogens is 420 g/mol. The van der Waals surface area contributed by atoms with Crippen LogP contribution in [0.5, 0.6) is 0 Å². The molecule has 2 aliphatic heterocycles. The Balaban J connectivity index is 1.34. The van der Waals surface area contributed by atoms with Crippen LogP contribution in [0.25, 0.3) is 0 Å². The third kappa shape index (κ3) is 5.66. The average Bonchev–Trinajstić information content (AvgIpc) is 2.89. The van der Waals surface area contributed by atoms with Gasteiger partial charge in [-0.2, -0.15) is 0 Å². The molecule has 1 aliphatic carbocycles. The first-order chi connectivity index (χ1) is 16.1. The summed E-state index contributed by atoms with van der Waals surface area (Å²) in [7, 11) is 0. The first kappa shape index (κ1) is 23.5. The van der Waals surface area contributed by atoms with E-state index in [1.54, 1.807) is 5.48 Å². The van der Waals surface area contributed by atoms with E-state index in [0.717, 1.165) is 51.1 Å². The van der Waals surface area contributed by atoms with Crippen molar-refractivity contribution in [2.75, 3.05) is 44.2 Å². The highest BCUT2D eigenvalue weighted by Crippen LogP contribution is 2.37. The van der Waals surface area contributed by atoms with Gasteiger partial charge in [0, 0.05) is 57.3 Å². The molecule has 8 nitrogen and oxygen atoms in total. The molecule has 2 saturated heterocycles. The Bertz CT molecular complexity index is 819. The number of carbonyl (C=O) groups excluding carboxylic acids is 3. The number of carbonyl (C=O) groups is 3. The number of benzene rings is 1. The van der Waals surface area contributed by atoms with Crippen LogP contribution in [0.4, 0.5) is 5.69 Å². The number of likely N-dealkylation sites (tertiary alicyclic amines) is 1. The van der Waals surface area contributed by atoms with Crippen LogP contribution in [-0.4, -0.2) is 72.0 Å². The molecule has 2 heterocycles. The maximum atomic E-state index is 13.4. The number of nitrogens with one attached hydrogen (secondary N) is 1. The lowest BCUT2D eigenvalue weighted by Gasteiger charge is -2.41. The van der Waals surface area contributed by atoms with E-state index in [1.807, 2.05) is 28.0 Å². The van der Waals surface area contributed by atoms with E-state index in [-0.39, 0.29) is 17.7 Å². The second kappa shape index (κ2) is 11.0. The number of rotatable bonds is 5. The largest absolute Gasteiger partial charge is 0.368 e. The van der Waals surface area contributed by atoms with E-state index in [4.69, 9.17) is 0 Å². The van der Waals surface area contributed by atoms with Crippen LogP contribution in [0.15, 0.2) is 30.3 Å². The first-order valence-electron chi connectivity index (χ1n) is 12.4. The Morgan fingerprint density at radius 1 is 0.848 bits per heavy atom. The van der Waals surface area contributed by atoms with Gasteiger partial charge in [-0.3, -0.25) is 19.6 Å². The average molecular weight is 457 g/mol. The SMILES string of the molecule is O=C(NO)[C@H]1C[C@H](CC(=O)N2CCCCC2)CC[C@@H]1C(=O)N1CCN(c2ccccc2)CC1. The van der Waals surface area contributed by atoms with Gasteiger partial charge in [0.2, 0.25) is 17.7 Å². The number of hydrogen-bond acceptors (Lipinski definition) is 5. The topological polar surface area (TPSA) is 93.2 Å². The summed E-state index contributed by atoms with van der Waals surface area (Å²) in [6.07, 6.45) is 5.51. The van der Waals surface area contributed by atoms with E-state index in [9.17, 15) is 19.6 Å². The van der Waals surface area contributed by atoms with E-state index in [1.165, 1.54) is 6.42 Å². The Hall–Kier alpha value is -2.61. The van der Waals surface area contributed by atoms with E-state index < -0.39 is 17.7 Å². The summed E-state index contributed by atoms with van der Waals surface area (Å²) in [6.45, 7) is 4.39. The minimum absolute atomic E-state index is 0.00267. The van der Waals surface area contributed by atoms with Gasteiger partial charge in [0.1, 0.15) is 0 Å². The van der Waals surface area contributed by atoms with Crippen LogP contribution in [0.3, 0.4) is 0 Å². The third-order valence-corrected chi connectivity index (χ3v) is 7.61. The van der Waals surface area contributed by atoms with Crippen LogP contribution >= 0.6 is 0 Å². The minimum Gasteiger partial charge on any atom is -0.368 e. The van der Waals surface area contributed by atoms with Gasteiger partial charge in [-0.1, -0.05) is 18.2 Å². The molecule has 1 saturated carbocycles. The molecule has 3 amide bonds. The zero-order chi connectivity index (χ0) is 23.2. The zero-order valence-electron chi connectivity index (χ0n) is 19.3. The van der Waals surface area contributed by atoms with Gasteiger partial charge in [0.25, 0.3) is 0 Å². The predicted molar refractivity (Wildman–Crippen MR) is 125 cm³/mol. The molecule has 0 bridgehead atoms. The van der Waals surface area contributed by atoms with Crippen molar-refractivity contribution in [2.45, 2.75) is 44.9 Å². The summed E-state index contributed by atoms with van der Waals surface area (Å²) in [5.41, 5.74) is 2.93. The fourth-order valence-corrected chi connectivity index (χ4v) is 5.69. The number of anilines is 1. The molecule has 3 fully saturated rings. The Kier molecular flexibility index (Phi) is 7.85. The smallest absolute Gasteiger partial charge is 0.247 e. The lowest BCUT2D eigenvalue weighted by atomic mass is 9.71. The van der Waals surface area contributed by atoms with Gasteiger partial charge in [-0.15, -0.1) is 0 Å². The van der Waals surface area contributed by atoms with Crippen molar-refractivity contribution >= 4 is 23.4 Å². The molecule has 33 heavy (non-hydrogen) atoms. The molecule has 8 heteroatoms. The molecule has 3 atom stereocenters. The lowest BCUT2D eigenvalue weighted by Crippen LogP contribution is -2.53. The first-order valence-corrected chi connectivity index (χ1v) is 12.4. The second-order valence-corrected chi connectivity index (χ2v) is 9.66. The van der Waals surface area contributed by atoms with Crippen molar-refractivity contribution in [1.29, 1.82) is 0 Å². The molecule has 0 aromatic heterocycles. The van der Waals surface area contributed by atoms with Crippen molar-refractivity contribution in [3.63, 3.8) is 0 Å². The minimum atomic E-state index is -0.595. The van der Waals surface area contributed by atoms with Gasteiger partial charge in [0.05, 0.1) is 5.92 Å². The molecule has 2 N–H and O–H groups in total. The normalized spacial score (nSPS) is 26.1. The summed E-state index contributed by atoms with van der Waals surface area (Å²) in [4.78, 5) is 44.7. The molecule has 3 aliphatic rings. The monoisotopic (exact) mass is 456 g/mol. The van der Waals surface area contributed by atoms with Crippen LogP contribution < -0.4 is 10.4 Å². The molecular formula is C25H36N4O4. The van der Waals surface area contributed by atoms with E-state index in [0.29, 0.717) is 32.4 Å². The summed E-state index contributed by atoms with van der Waals surface area (Å²) in [5, 5.41) is 9.32. The lowest BCUT2D eigenvalue weighted by molar-refractivity contribution is -0.148. The maximum Gasteiger partial charge on any atom is 0.247 e. The Morgan fingerprint density at radius 3 is 2.21 bits per heavy atom. The molecule has 1 aromatic rings. The molecule has 0 spiro atoms. The molecule has 1 aromatic carbocycles.